The predicted octanol–water partition coefficient (Wildman–Crippen LogP) is 4.93. The van der Waals surface area contributed by atoms with Gasteiger partial charge in [-0.05, 0) is 66.8 Å². The van der Waals surface area contributed by atoms with Crippen LogP contribution in [-0.4, -0.2) is 18.7 Å². The van der Waals surface area contributed by atoms with Crippen LogP contribution in [0.15, 0.2) is 53.1 Å². The van der Waals surface area contributed by atoms with Gasteiger partial charge < -0.3 is 4.74 Å². The third-order valence-corrected chi connectivity index (χ3v) is 4.60. The van der Waals surface area contributed by atoms with E-state index in [-0.39, 0.29) is 5.91 Å². The predicted molar refractivity (Wildman–Crippen MR) is 107 cm³/mol. The Hall–Kier alpha value is -2.88. The van der Waals surface area contributed by atoms with Gasteiger partial charge in [0.05, 0.1) is 24.1 Å². The molecule has 26 heavy (non-hydrogen) atoms. The third-order valence-electron chi connectivity index (χ3n) is 4.60. The molecule has 0 unspecified atom stereocenters. The number of benzene rings is 2. The summed E-state index contributed by atoms with van der Waals surface area (Å²) in [6.07, 6.45) is 1.94. The average Bonchev–Trinajstić information content (AvgIpc) is 2.91. The number of amides is 1. The number of carbonyl (C=O) groups is 1. The highest BCUT2D eigenvalue weighted by Gasteiger charge is 2.28. The van der Waals surface area contributed by atoms with Crippen molar-refractivity contribution in [2.24, 2.45) is 5.10 Å². The van der Waals surface area contributed by atoms with Crippen LogP contribution >= 0.6 is 0 Å². The van der Waals surface area contributed by atoms with Gasteiger partial charge in [-0.1, -0.05) is 32.0 Å². The van der Waals surface area contributed by atoms with E-state index in [4.69, 9.17) is 4.74 Å². The standard InChI is InChI=1S/C22H24N2O2/c1-14(2)19-12-17(15(3)11-21(19)26-5)13-20-16(4)23-24(22(20)25)18-9-7-6-8-10-18/h6-14H,1-5H3/b20-13-. The zero-order chi connectivity index (χ0) is 18.8. The van der Waals surface area contributed by atoms with E-state index < -0.39 is 0 Å². The van der Waals surface area contributed by atoms with Gasteiger partial charge in [0.25, 0.3) is 5.91 Å². The summed E-state index contributed by atoms with van der Waals surface area (Å²) >= 11 is 0. The summed E-state index contributed by atoms with van der Waals surface area (Å²) in [6, 6.07) is 13.6. The fourth-order valence-electron chi connectivity index (χ4n) is 3.08. The molecule has 0 atom stereocenters. The van der Waals surface area contributed by atoms with Crippen LogP contribution in [0.3, 0.4) is 0 Å². The molecule has 0 fully saturated rings. The lowest BCUT2D eigenvalue weighted by Gasteiger charge is -2.15. The molecule has 134 valence electrons. The summed E-state index contributed by atoms with van der Waals surface area (Å²) in [5.41, 5.74) is 5.33. The number of hydrogen-bond donors (Lipinski definition) is 0. The van der Waals surface area contributed by atoms with E-state index in [0.717, 1.165) is 33.8 Å². The summed E-state index contributed by atoms with van der Waals surface area (Å²) in [7, 11) is 1.69. The molecule has 0 aromatic heterocycles. The van der Waals surface area contributed by atoms with Crippen molar-refractivity contribution in [3.63, 3.8) is 0 Å². The minimum absolute atomic E-state index is 0.102. The molecule has 1 aliphatic rings. The van der Waals surface area contributed by atoms with Crippen molar-refractivity contribution in [2.45, 2.75) is 33.6 Å². The molecule has 4 nitrogen and oxygen atoms in total. The first-order valence-corrected chi connectivity index (χ1v) is 8.77. The lowest BCUT2D eigenvalue weighted by molar-refractivity contribution is -0.114. The summed E-state index contributed by atoms with van der Waals surface area (Å²) in [5, 5.41) is 5.91. The van der Waals surface area contributed by atoms with Gasteiger partial charge in [-0.3, -0.25) is 4.79 Å². The van der Waals surface area contributed by atoms with E-state index >= 15 is 0 Å². The normalized spacial score (nSPS) is 15.8. The van der Waals surface area contributed by atoms with Crippen LogP contribution in [0.5, 0.6) is 5.75 Å². The zero-order valence-electron chi connectivity index (χ0n) is 15.9. The molecule has 1 amide bonds. The van der Waals surface area contributed by atoms with Crippen LogP contribution in [0.2, 0.25) is 0 Å². The quantitative estimate of drug-likeness (QED) is 0.735. The highest BCUT2D eigenvalue weighted by atomic mass is 16.5. The van der Waals surface area contributed by atoms with Crippen LogP contribution in [0.1, 0.15) is 43.4 Å². The van der Waals surface area contributed by atoms with E-state index in [1.807, 2.05) is 56.3 Å². The molecule has 1 aliphatic heterocycles. The van der Waals surface area contributed by atoms with Gasteiger partial charge >= 0.3 is 0 Å². The van der Waals surface area contributed by atoms with Gasteiger partial charge in [0, 0.05) is 0 Å². The number of carbonyl (C=O) groups excluding carboxylic acids is 1. The van der Waals surface area contributed by atoms with Crippen molar-refractivity contribution in [3.8, 4) is 5.75 Å². The first-order chi connectivity index (χ1) is 12.4. The number of hydrogen-bond acceptors (Lipinski definition) is 3. The number of anilines is 1. The van der Waals surface area contributed by atoms with Crippen LogP contribution in [0.4, 0.5) is 5.69 Å². The number of ether oxygens (including phenoxy) is 1. The van der Waals surface area contributed by atoms with Crippen molar-refractivity contribution in [3.05, 3.63) is 64.7 Å². The van der Waals surface area contributed by atoms with E-state index in [0.29, 0.717) is 11.5 Å². The maximum atomic E-state index is 12.9. The van der Waals surface area contributed by atoms with Crippen molar-refractivity contribution < 1.29 is 9.53 Å². The lowest BCUT2D eigenvalue weighted by atomic mass is 9.95. The van der Waals surface area contributed by atoms with Crippen LogP contribution in [-0.2, 0) is 4.79 Å². The van der Waals surface area contributed by atoms with E-state index in [2.05, 4.69) is 25.0 Å². The number of methoxy groups -OCH3 is 1. The second kappa shape index (κ2) is 7.16. The zero-order valence-corrected chi connectivity index (χ0v) is 15.9. The SMILES string of the molecule is COc1cc(C)c(/C=C2\C(=O)N(c3ccccc3)N=C2C)cc1C(C)C. The van der Waals surface area contributed by atoms with Crippen molar-refractivity contribution in [1.82, 2.24) is 0 Å². The van der Waals surface area contributed by atoms with Crippen molar-refractivity contribution >= 4 is 23.4 Å². The maximum absolute atomic E-state index is 12.9. The Bertz CT molecular complexity index is 896. The maximum Gasteiger partial charge on any atom is 0.280 e. The van der Waals surface area contributed by atoms with Gasteiger partial charge in [0.15, 0.2) is 0 Å². The highest BCUT2D eigenvalue weighted by molar-refractivity contribution is 6.32. The van der Waals surface area contributed by atoms with Gasteiger partial charge in [0.1, 0.15) is 5.75 Å². The molecule has 3 rings (SSSR count). The van der Waals surface area contributed by atoms with Crippen LogP contribution in [0.25, 0.3) is 6.08 Å². The van der Waals surface area contributed by atoms with Gasteiger partial charge in [-0.25, -0.2) is 0 Å². The molecule has 0 saturated heterocycles. The molecular weight excluding hydrogens is 324 g/mol. The summed E-state index contributed by atoms with van der Waals surface area (Å²) < 4.78 is 5.51. The van der Waals surface area contributed by atoms with E-state index in [1.165, 1.54) is 5.01 Å². The number of aryl methyl sites for hydroxylation is 1. The fourth-order valence-corrected chi connectivity index (χ4v) is 3.08. The van der Waals surface area contributed by atoms with E-state index in [1.54, 1.807) is 7.11 Å². The molecular formula is C22H24N2O2. The second-order valence-electron chi connectivity index (χ2n) is 6.80. The molecule has 0 saturated carbocycles. The first-order valence-electron chi connectivity index (χ1n) is 8.77. The van der Waals surface area contributed by atoms with Crippen LogP contribution in [0, 0.1) is 6.92 Å². The Morgan fingerprint density at radius 1 is 1.12 bits per heavy atom. The van der Waals surface area contributed by atoms with Crippen LogP contribution < -0.4 is 9.75 Å². The van der Waals surface area contributed by atoms with Crippen molar-refractivity contribution in [1.29, 1.82) is 0 Å². The lowest BCUT2D eigenvalue weighted by Crippen LogP contribution is -2.21. The number of nitrogens with zero attached hydrogens (tertiary/aromatic N) is 2. The molecule has 1 heterocycles. The topological polar surface area (TPSA) is 41.9 Å². The van der Waals surface area contributed by atoms with Gasteiger partial charge in [0.2, 0.25) is 0 Å². The number of rotatable bonds is 4. The molecule has 2 aromatic rings. The minimum Gasteiger partial charge on any atom is -0.496 e. The van der Waals surface area contributed by atoms with Gasteiger partial charge in [-0.15, -0.1) is 0 Å². The number of para-hydroxylation sites is 1. The van der Waals surface area contributed by atoms with E-state index in [9.17, 15) is 4.79 Å². The average molecular weight is 348 g/mol. The third kappa shape index (κ3) is 3.27. The fraction of sp³-hybridized carbons (Fsp3) is 0.273. The van der Waals surface area contributed by atoms with Gasteiger partial charge in [-0.2, -0.15) is 10.1 Å². The second-order valence-corrected chi connectivity index (χ2v) is 6.80. The Balaban J connectivity index is 2.02. The monoisotopic (exact) mass is 348 g/mol. The first kappa shape index (κ1) is 17.9. The Morgan fingerprint density at radius 2 is 1.81 bits per heavy atom. The van der Waals surface area contributed by atoms with Crippen molar-refractivity contribution in [2.75, 3.05) is 12.1 Å². The Labute approximate surface area is 154 Å². The largest absolute Gasteiger partial charge is 0.496 e. The molecule has 0 bridgehead atoms. The smallest absolute Gasteiger partial charge is 0.280 e. The number of hydrazone groups is 1. The molecule has 0 N–H and O–H groups in total. The molecule has 2 aromatic carbocycles. The summed E-state index contributed by atoms with van der Waals surface area (Å²) in [5.74, 6) is 1.11. The molecule has 0 aliphatic carbocycles. The Kier molecular flexibility index (Phi) is 4.94. The summed E-state index contributed by atoms with van der Waals surface area (Å²) in [4.78, 5) is 12.9. The molecule has 0 spiro atoms. The minimum atomic E-state index is -0.102. The summed E-state index contributed by atoms with van der Waals surface area (Å²) in [6.45, 7) is 8.16. The highest BCUT2D eigenvalue weighted by Crippen LogP contribution is 2.32. The molecule has 0 radical (unpaired) electrons. The molecule has 4 heteroatoms. The Morgan fingerprint density at radius 3 is 2.42 bits per heavy atom.